The normalized spacial score (nSPS) is 15.8. The summed E-state index contributed by atoms with van der Waals surface area (Å²) < 4.78 is 39.9. The molecule has 1 N–H and O–H groups in total. The maximum atomic E-state index is 13.1. The maximum absolute atomic E-state index is 13.1. The van der Waals surface area contributed by atoms with Gasteiger partial charge < -0.3 is 10.2 Å². The van der Waals surface area contributed by atoms with Crippen LogP contribution in [0.4, 0.5) is 24.7 Å². The Hall–Kier alpha value is -3.41. The van der Waals surface area contributed by atoms with E-state index in [1.807, 2.05) is 0 Å². The van der Waals surface area contributed by atoms with Crippen LogP contribution in [0.3, 0.4) is 0 Å². The molecule has 1 aromatic carbocycles. The zero-order valence-electron chi connectivity index (χ0n) is 16.1. The van der Waals surface area contributed by atoms with Gasteiger partial charge in [-0.2, -0.15) is 31.8 Å². The topological polar surface area (TPSA) is 93.0 Å². The van der Waals surface area contributed by atoms with Crippen LogP contribution in [0.5, 0.6) is 0 Å². The van der Waals surface area contributed by atoms with Crippen molar-refractivity contribution < 1.29 is 22.8 Å². The molecule has 0 fully saturated rings. The number of nitrogens with zero attached hydrogens (tertiary/aromatic N) is 5. The van der Waals surface area contributed by atoms with Crippen molar-refractivity contribution in [3.05, 3.63) is 65.9 Å². The van der Waals surface area contributed by atoms with Gasteiger partial charge in [-0.3, -0.25) is 19.3 Å². The summed E-state index contributed by atoms with van der Waals surface area (Å²) in [4.78, 5) is 34.9. The zero-order chi connectivity index (χ0) is 21.5. The molecule has 2 amide bonds. The van der Waals surface area contributed by atoms with E-state index in [2.05, 4.69) is 20.4 Å². The molecule has 1 aliphatic rings. The van der Waals surface area contributed by atoms with E-state index in [0.29, 0.717) is 5.69 Å². The summed E-state index contributed by atoms with van der Waals surface area (Å²) >= 11 is 0. The highest BCUT2D eigenvalue weighted by Gasteiger charge is 2.36. The first-order valence-corrected chi connectivity index (χ1v) is 8.89. The Morgan fingerprint density at radius 3 is 2.48 bits per heavy atom. The van der Waals surface area contributed by atoms with Crippen molar-refractivity contribution in [1.82, 2.24) is 19.7 Å². The molecule has 0 saturated heterocycles. The molecule has 162 valence electrons. The summed E-state index contributed by atoms with van der Waals surface area (Å²) in [6, 6.07) is 4.01. The first kappa shape index (κ1) is 22.3. The number of carbonyl (C=O) groups excluding carboxylic acids is 2. The number of nitrogens with one attached hydrogen (secondary N) is 1. The minimum absolute atomic E-state index is 0. The Labute approximate surface area is 181 Å². The molecule has 0 unspecified atom stereocenters. The highest BCUT2D eigenvalue weighted by atomic mass is 32.1. The van der Waals surface area contributed by atoms with Crippen LogP contribution in [-0.4, -0.2) is 38.1 Å². The van der Waals surface area contributed by atoms with Crippen molar-refractivity contribution in [3.63, 3.8) is 0 Å². The van der Waals surface area contributed by atoms with Crippen molar-refractivity contribution >= 4 is 36.8 Å². The Morgan fingerprint density at radius 2 is 1.87 bits per heavy atom. The number of amides is 2. The monoisotopic (exact) mass is 450 g/mol. The van der Waals surface area contributed by atoms with Gasteiger partial charge in [-0.15, -0.1) is 0 Å². The van der Waals surface area contributed by atoms with E-state index in [-0.39, 0.29) is 43.2 Å². The SMILES string of the molecule is C[C@H]1CN(c2ccc(C(F)(F)F)cc2)C(=O)c2c(C(=O)Nc3cnccn3)cnn21.S. The van der Waals surface area contributed by atoms with Gasteiger partial charge in [0.25, 0.3) is 11.8 Å². The first-order valence-electron chi connectivity index (χ1n) is 8.89. The number of hydrogen-bond acceptors (Lipinski definition) is 5. The zero-order valence-corrected chi connectivity index (χ0v) is 17.1. The fourth-order valence-electron chi connectivity index (χ4n) is 3.23. The Bertz CT molecular complexity index is 1100. The fraction of sp³-hybridized carbons (Fsp3) is 0.211. The molecule has 3 aromatic rings. The molecule has 1 aliphatic heterocycles. The van der Waals surface area contributed by atoms with E-state index in [4.69, 9.17) is 0 Å². The minimum atomic E-state index is -4.47. The summed E-state index contributed by atoms with van der Waals surface area (Å²) in [6.45, 7) is 1.99. The van der Waals surface area contributed by atoms with Gasteiger partial charge in [0, 0.05) is 24.6 Å². The molecule has 0 aliphatic carbocycles. The summed E-state index contributed by atoms with van der Waals surface area (Å²) in [5.74, 6) is -0.917. The van der Waals surface area contributed by atoms with Crippen LogP contribution in [0, 0.1) is 0 Å². The molecule has 1 atom stereocenters. The van der Waals surface area contributed by atoms with Gasteiger partial charge in [-0.25, -0.2) is 4.98 Å². The standard InChI is InChI=1S/C19H15F3N6O2.H2S/c1-11-10-27(13-4-2-12(3-5-13)19(20,21)22)18(30)16-14(8-25-28(11)16)17(29)26-15-9-23-6-7-24-15;/h2-9,11H,10H2,1H3,(H,24,26,29);1H2/t11-;/m0./s1. The second-order valence-electron chi connectivity index (χ2n) is 6.71. The lowest BCUT2D eigenvalue weighted by molar-refractivity contribution is -0.137. The third-order valence-electron chi connectivity index (χ3n) is 4.66. The van der Waals surface area contributed by atoms with Gasteiger partial charge >= 0.3 is 6.18 Å². The lowest BCUT2D eigenvalue weighted by Gasteiger charge is -2.32. The van der Waals surface area contributed by atoms with Crippen LogP contribution in [-0.2, 0) is 6.18 Å². The van der Waals surface area contributed by atoms with Crippen LogP contribution >= 0.6 is 13.5 Å². The number of halogens is 3. The number of benzene rings is 1. The molecule has 0 saturated carbocycles. The second kappa shape index (κ2) is 8.38. The molecular weight excluding hydrogens is 433 g/mol. The molecule has 31 heavy (non-hydrogen) atoms. The largest absolute Gasteiger partial charge is 0.416 e. The fourth-order valence-corrected chi connectivity index (χ4v) is 3.23. The molecule has 4 rings (SSSR count). The molecule has 0 bridgehead atoms. The highest BCUT2D eigenvalue weighted by Crippen LogP contribution is 2.32. The van der Waals surface area contributed by atoms with E-state index >= 15 is 0 Å². The molecule has 12 heteroatoms. The van der Waals surface area contributed by atoms with Crippen LogP contribution in [0.2, 0.25) is 0 Å². The average Bonchev–Trinajstić information content (AvgIpc) is 3.17. The van der Waals surface area contributed by atoms with Crippen LogP contribution in [0.1, 0.15) is 39.4 Å². The quantitative estimate of drug-likeness (QED) is 0.661. The summed E-state index contributed by atoms with van der Waals surface area (Å²) in [7, 11) is 0. The van der Waals surface area contributed by atoms with Crippen LogP contribution in [0.15, 0.2) is 49.1 Å². The number of alkyl halides is 3. The van der Waals surface area contributed by atoms with Gasteiger partial charge in [0.05, 0.1) is 29.6 Å². The van der Waals surface area contributed by atoms with E-state index in [1.165, 1.54) is 46.5 Å². The van der Waals surface area contributed by atoms with Gasteiger partial charge in [0.1, 0.15) is 5.69 Å². The molecule has 0 spiro atoms. The van der Waals surface area contributed by atoms with Gasteiger partial charge in [0.15, 0.2) is 5.82 Å². The van der Waals surface area contributed by atoms with Crippen molar-refractivity contribution in [2.75, 3.05) is 16.8 Å². The predicted molar refractivity (Wildman–Crippen MR) is 110 cm³/mol. The van der Waals surface area contributed by atoms with E-state index in [0.717, 1.165) is 12.1 Å². The van der Waals surface area contributed by atoms with Crippen molar-refractivity contribution in [2.45, 2.75) is 19.1 Å². The summed E-state index contributed by atoms with van der Waals surface area (Å²) in [5.41, 5.74) is -0.422. The van der Waals surface area contributed by atoms with Crippen LogP contribution < -0.4 is 10.2 Å². The number of hydrogen-bond donors (Lipinski definition) is 1. The number of anilines is 2. The Morgan fingerprint density at radius 1 is 1.16 bits per heavy atom. The minimum Gasteiger partial charge on any atom is -0.305 e. The summed E-state index contributed by atoms with van der Waals surface area (Å²) in [6.07, 6.45) is 1.02. The Balaban J connectivity index is 0.00000272. The average molecular weight is 450 g/mol. The van der Waals surface area contributed by atoms with Crippen molar-refractivity contribution in [2.24, 2.45) is 0 Å². The smallest absolute Gasteiger partial charge is 0.305 e. The predicted octanol–water partition coefficient (Wildman–Crippen LogP) is 3.28. The third kappa shape index (κ3) is 4.24. The number of fused-ring (bicyclic) bond motifs is 1. The lowest BCUT2D eigenvalue weighted by Crippen LogP contribution is -2.43. The second-order valence-corrected chi connectivity index (χ2v) is 6.71. The van der Waals surface area contributed by atoms with Gasteiger partial charge in [-0.1, -0.05) is 0 Å². The van der Waals surface area contributed by atoms with E-state index in [9.17, 15) is 22.8 Å². The maximum Gasteiger partial charge on any atom is 0.416 e. The molecule has 2 aromatic heterocycles. The third-order valence-corrected chi connectivity index (χ3v) is 4.66. The van der Waals surface area contributed by atoms with Gasteiger partial charge in [-0.05, 0) is 31.2 Å². The summed E-state index contributed by atoms with van der Waals surface area (Å²) in [5, 5.41) is 6.70. The highest BCUT2D eigenvalue weighted by molar-refractivity contribution is 7.59. The van der Waals surface area contributed by atoms with Crippen molar-refractivity contribution in [3.8, 4) is 0 Å². The molecule has 8 nitrogen and oxygen atoms in total. The number of aromatic nitrogens is 4. The lowest BCUT2D eigenvalue weighted by atomic mass is 10.1. The Kier molecular flexibility index (Phi) is 6.02. The van der Waals surface area contributed by atoms with Crippen LogP contribution in [0.25, 0.3) is 0 Å². The van der Waals surface area contributed by atoms with Gasteiger partial charge in [0.2, 0.25) is 0 Å². The van der Waals surface area contributed by atoms with E-state index < -0.39 is 23.6 Å². The number of rotatable bonds is 3. The molecule has 3 heterocycles. The van der Waals surface area contributed by atoms with Crippen molar-refractivity contribution in [1.29, 1.82) is 0 Å². The first-order chi connectivity index (χ1) is 14.3. The molecular formula is C19H17F3N6O2S. The number of carbonyl (C=O) groups is 2. The molecule has 0 radical (unpaired) electrons. The van der Waals surface area contributed by atoms with E-state index in [1.54, 1.807) is 6.92 Å².